The standard InChI is InChI=1S/C21H15ClN4O3/c1-27-17-11-18(28-2)15(10-12(17)22)26-20(16-8-5-9-29-16)25-19-21(26)24-14-7-4-3-6-13(14)23-19/h3-11H,1-2H3. The third kappa shape index (κ3) is 2.78. The van der Waals surface area contributed by atoms with E-state index in [0.29, 0.717) is 45.1 Å². The van der Waals surface area contributed by atoms with Crippen molar-refractivity contribution in [2.24, 2.45) is 0 Å². The molecule has 0 saturated heterocycles. The molecule has 5 aromatic rings. The average molecular weight is 407 g/mol. The third-order valence-corrected chi connectivity index (χ3v) is 4.90. The van der Waals surface area contributed by atoms with E-state index in [4.69, 9.17) is 35.5 Å². The van der Waals surface area contributed by atoms with Crippen molar-refractivity contribution in [2.75, 3.05) is 14.2 Å². The van der Waals surface area contributed by atoms with Crippen LogP contribution in [0.4, 0.5) is 0 Å². The average Bonchev–Trinajstić information content (AvgIpc) is 3.39. The molecule has 0 aliphatic heterocycles. The molecule has 0 radical (unpaired) electrons. The van der Waals surface area contributed by atoms with E-state index in [0.717, 1.165) is 11.0 Å². The number of imidazole rings is 1. The van der Waals surface area contributed by atoms with E-state index < -0.39 is 0 Å². The van der Waals surface area contributed by atoms with Gasteiger partial charge in [-0.2, -0.15) is 0 Å². The Morgan fingerprint density at radius 1 is 0.897 bits per heavy atom. The number of hydrogen-bond acceptors (Lipinski definition) is 6. The largest absolute Gasteiger partial charge is 0.495 e. The number of methoxy groups -OCH3 is 2. The summed E-state index contributed by atoms with van der Waals surface area (Å²) in [6.07, 6.45) is 1.59. The molecule has 5 rings (SSSR count). The van der Waals surface area contributed by atoms with Gasteiger partial charge in [0.1, 0.15) is 11.5 Å². The van der Waals surface area contributed by atoms with Crippen molar-refractivity contribution in [3.05, 3.63) is 59.8 Å². The van der Waals surface area contributed by atoms with E-state index in [2.05, 4.69) is 4.98 Å². The molecule has 7 nitrogen and oxygen atoms in total. The molecule has 0 unspecified atom stereocenters. The van der Waals surface area contributed by atoms with Crippen LogP contribution in [0.1, 0.15) is 0 Å². The highest BCUT2D eigenvalue weighted by molar-refractivity contribution is 6.32. The molecule has 3 heterocycles. The van der Waals surface area contributed by atoms with Gasteiger partial charge in [0.15, 0.2) is 22.9 Å². The Morgan fingerprint density at radius 3 is 2.34 bits per heavy atom. The Morgan fingerprint density at radius 2 is 1.66 bits per heavy atom. The summed E-state index contributed by atoms with van der Waals surface area (Å²) in [6, 6.07) is 14.8. The number of para-hydroxylation sites is 2. The molecule has 0 saturated carbocycles. The highest BCUT2D eigenvalue weighted by Crippen LogP contribution is 2.38. The number of furan rings is 1. The lowest BCUT2D eigenvalue weighted by Crippen LogP contribution is -2.02. The lowest BCUT2D eigenvalue weighted by atomic mass is 10.2. The molecule has 144 valence electrons. The molecule has 29 heavy (non-hydrogen) atoms. The van der Waals surface area contributed by atoms with Crippen LogP contribution in [0.15, 0.2) is 59.2 Å². The Hall–Kier alpha value is -3.58. The fourth-order valence-corrected chi connectivity index (χ4v) is 3.51. The van der Waals surface area contributed by atoms with Crippen LogP contribution in [-0.4, -0.2) is 33.7 Å². The van der Waals surface area contributed by atoms with Crippen LogP contribution in [0.5, 0.6) is 11.5 Å². The van der Waals surface area contributed by atoms with Crippen molar-refractivity contribution in [1.82, 2.24) is 19.5 Å². The lowest BCUT2D eigenvalue weighted by molar-refractivity contribution is 0.393. The topological polar surface area (TPSA) is 75.2 Å². The first-order valence-corrected chi connectivity index (χ1v) is 9.18. The normalized spacial score (nSPS) is 11.3. The molecule has 0 aliphatic rings. The zero-order chi connectivity index (χ0) is 20.0. The summed E-state index contributed by atoms with van der Waals surface area (Å²) in [5.74, 6) is 2.17. The predicted molar refractivity (Wildman–Crippen MR) is 110 cm³/mol. The van der Waals surface area contributed by atoms with Crippen LogP contribution in [0, 0.1) is 0 Å². The number of aromatic nitrogens is 4. The summed E-state index contributed by atoms with van der Waals surface area (Å²) in [5.41, 5.74) is 3.22. The van der Waals surface area contributed by atoms with E-state index >= 15 is 0 Å². The number of fused-ring (bicyclic) bond motifs is 2. The van der Waals surface area contributed by atoms with Crippen molar-refractivity contribution in [2.45, 2.75) is 0 Å². The summed E-state index contributed by atoms with van der Waals surface area (Å²) in [7, 11) is 3.14. The van der Waals surface area contributed by atoms with Crippen molar-refractivity contribution in [3.8, 4) is 28.8 Å². The number of hydrogen-bond donors (Lipinski definition) is 0. The molecule has 2 aromatic carbocycles. The number of halogens is 1. The Labute approximate surface area is 170 Å². The summed E-state index contributed by atoms with van der Waals surface area (Å²) < 4.78 is 18.4. The van der Waals surface area contributed by atoms with Crippen molar-refractivity contribution in [1.29, 1.82) is 0 Å². The molecule has 3 aromatic heterocycles. The van der Waals surface area contributed by atoms with Gasteiger partial charge in [-0.25, -0.2) is 15.0 Å². The quantitative estimate of drug-likeness (QED) is 0.422. The van der Waals surface area contributed by atoms with Crippen LogP contribution < -0.4 is 9.47 Å². The number of nitrogens with zero attached hydrogens (tertiary/aromatic N) is 4. The van der Waals surface area contributed by atoms with Crippen molar-refractivity contribution >= 4 is 33.9 Å². The van der Waals surface area contributed by atoms with Crippen LogP contribution in [0.3, 0.4) is 0 Å². The molecule has 0 amide bonds. The maximum absolute atomic E-state index is 6.43. The maximum atomic E-state index is 6.43. The van der Waals surface area contributed by atoms with Gasteiger partial charge in [-0.15, -0.1) is 0 Å². The van der Waals surface area contributed by atoms with Crippen molar-refractivity contribution in [3.63, 3.8) is 0 Å². The molecule has 0 atom stereocenters. The minimum absolute atomic E-state index is 0.435. The first-order valence-electron chi connectivity index (χ1n) is 8.80. The lowest BCUT2D eigenvalue weighted by Gasteiger charge is -2.14. The van der Waals surface area contributed by atoms with Gasteiger partial charge in [0, 0.05) is 6.07 Å². The SMILES string of the molecule is COc1cc(OC)c(-n2c(-c3ccco3)nc3nc4ccccc4nc32)cc1Cl. The first kappa shape index (κ1) is 17.5. The van der Waals surface area contributed by atoms with Gasteiger partial charge in [0.05, 0.1) is 42.2 Å². The molecule has 0 aliphatic carbocycles. The Balaban J connectivity index is 1.90. The Kier molecular flexibility index (Phi) is 4.10. The van der Waals surface area contributed by atoms with Gasteiger partial charge < -0.3 is 13.9 Å². The maximum Gasteiger partial charge on any atom is 0.199 e. The number of rotatable bonds is 4. The number of ether oxygens (including phenoxy) is 2. The molecule has 0 spiro atoms. The van der Waals surface area contributed by atoms with Gasteiger partial charge in [-0.05, 0) is 30.3 Å². The second-order valence-corrected chi connectivity index (χ2v) is 6.67. The monoisotopic (exact) mass is 406 g/mol. The first-order chi connectivity index (χ1) is 14.2. The zero-order valence-corrected chi connectivity index (χ0v) is 16.3. The van der Waals surface area contributed by atoms with Gasteiger partial charge in [-0.1, -0.05) is 23.7 Å². The second-order valence-electron chi connectivity index (χ2n) is 6.27. The van der Waals surface area contributed by atoms with Gasteiger partial charge in [0.25, 0.3) is 0 Å². The van der Waals surface area contributed by atoms with Crippen LogP contribution in [-0.2, 0) is 0 Å². The molecular formula is C21H15ClN4O3. The fraction of sp³-hybridized carbons (Fsp3) is 0.0952. The molecule has 0 fully saturated rings. The minimum atomic E-state index is 0.435. The van der Waals surface area contributed by atoms with E-state index in [1.165, 1.54) is 0 Å². The zero-order valence-electron chi connectivity index (χ0n) is 15.6. The van der Waals surface area contributed by atoms with E-state index in [1.807, 2.05) is 34.9 Å². The van der Waals surface area contributed by atoms with Crippen LogP contribution in [0.25, 0.3) is 39.6 Å². The third-order valence-electron chi connectivity index (χ3n) is 4.61. The highest BCUT2D eigenvalue weighted by atomic mass is 35.5. The predicted octanol–water partition coefficient (Wildman–Crippen LogP) is 4.90. The summed E-state index contributed by atoms with van der Waals surface area (Å²) in [5, 5.41) is 0.435. The highest BCUT2D eigenvalue weighted by Gasteiger charge is 2.23. The summed E-state index contributed by atoms with van der Waals surface area (Å²) in [6.45, 7) is 0. The van der Waals surface area contributed by atoms with E-state index in [1.54, 1.807) is 38.7 Å². The minimum Gasteiger partial charge on any atom is -0.495 e. The van der Waals surface area contributed by atoms with Gasteiger partial charge in [0.2, 0.25) is 0 Å². The smallest absolute Gasteiger partial charge is 0.199 e. The van der Waals surface area contributed by atoms with Crippen LogP contribution in [0.2, 0.25) is 5.02 Å². The molecule has 0 bridgehead atoms. The fourth-order valence-electron chi connectivity index (χ4n) is 3.28. The molecule has 0 N–H and O–H groups in total. The van der Waals surface area contributed by atoms with Gasteiger partial charge >= 0.3 is 0 Å². The van der Waals surface area contributed by atoms with E-state index in [9.17, 15) is 0 Å². The Bertz CT molecular complexity index is 1350. The van der Waals surface area contributed by atoms with Crippen LogP contribution >= 0.6 is 11.6 Å². The van der Waals surface area contributed by atoms with Crippen molar-refractivity contribution < 1.29 is 13.9 Å². The van der Waals surface area contributed by atoms with E-state index in [-0.39, 0.29) is 0 Å². The summed E-state index contributed by atoms with van der Waals surface area (Å²) >= 11 is 6.43. The second kappa shape index (κ2) is 6.79. The number of benzene rings is 2. The summed E-state index contributed by atoms with van der Waals surface area (Å²) in [4.78, 5) is 14.2. The van der Waals surface area contributed by atoms with Gasteiger partial charge in [-0.3, -0.25) is 4.57 Å². The molecular weight excluding hydrogens is 392 g/mol. The molecule has 8 heteroatoms.